The maximum atomic E-state index is 12.6. The van der Waals surface area contributed by atoms with E-state index in [0.717, 1.165) is 10.9 Å². The molecule has 0 spiro atoms. The number of carbonyl (C=O) groups is 3. The van der Waals surface area contributed by atoms with Crippen LogP contribution in [0.15, 0.2) is 60.3 Å². The van der Waals surface area contributed by atoms with Crippen LogP contribution in [-0.2, 0) is 20.9 Å². The summed E-state index contributed by atoms with van der Waals surface area (Å²) in [6, 6.07) is 14.9. The second-order valence-electron chi connectivity index (χ2n) is 6.54. The van der Waals surface area contributed by atoms with Crippen molar-refractivity contribution >= 4 is 40.5 Å². The van der Waals surface area contributed by atoms with Crippen LogP contribution in [0, 0.1) is 11.3 Å². The van der Waals surface area contributed by atoms with Gasteiger partial charge in [0.15, 0.2) is 0 Å². The van der Waals surface area contributed by atoms with E-state index in [4.69, 9.17) is 9.84 Å². The van der Waals surface area contributed by atoms with Gasteiger partial charge in [0.05, 0.1) is 12.2 Å². The molecule has 1 aromatic heterocycles. The number of rotatable bonds is 7. The molecule has 0 bridgehead atoms. The number of para-hydroxylation sites is 1. The lowest BCUT2D eigenvalue weighted by atomic mass is 10.1. The van der Waals surface area contributed by atoms with Gasteiger partial charge in [-0.2, -0.15) is 5.26 Å². The topological polar surface area (TPSA) is 121 Å². The largest absolute Gasteiger partial charge is 0.478 e. The standard InChI is InChI=1S/C23H19N3O5/c1-2-31-21(27)14-26-13-17(19-8-3-4-9-20(19)26)10-16(12-24)22(28)25-18-7-5-6-15(11-18)23(29)30/h3-11,13H,2,14H2,1H3,(H,25,28)(H,29,30)/b16-10-. The lowest BCUT2D eigenvalue weighted by molar-refractivity contribution is -0.143. The van der Waals surface area contributed by atoms with Gasteiger partial charge in [-0.1, -0.05) is 24.3 Å². The monoisotopic (exact) mass is 417 g/mol. The van der Waals surface area contributed by atoms with Gasteiger partial charge in [-0.05, 0) is 37.3 Å². The quantitative estimate of drug-likeness (QED) is 0.345. The van der Waals surface area contributed by atoms with Crippen LogP contribution in [0.25, 0.3) is 17.0 Å². The van der Waals surface area contributed by atoms with Crippen molar-refractivity contribution in [2.75, 3.05) is 11.9 Å². The molecule has 0 aliphatic rings. The summed E-state index contributed by atoms with van der Waals surface area (Å²) < 4.78 is 6.70. The molecule has 0 aliphatic carbocycles. The van der Waals surface area contributed by atoms with Gasteiger partial charge >= 0.3 is 11.9 Å². The Morgan fingerprint density at radius 1 is 1.19 bits per heavy atom. The van der Waals surface area contributed by atoms with Gasteiger partial charge in [0.1, 0.15) is 18.2 Å². The number of nitrogens with one attached hydrogen (secondary N) is 1. The normalized spacial score (nSPS) is 11.0. The molecule has 3 rings (SSSR count). The Hall–Kier alpha value is -4.38. The third-order valence-electron chi connectivity index (χ3n) is 4.46. The molecule has 1 amide bonds. The molecule has 0 saturated heterocycles. The van der Waals surface area contributed by atoms with E-state index in [1.807, 2.05) is 30.3 Å². The van der Waals surface area contributed by atoms with Crippen molar-refractivity contribution in [1.29, 1.82) is 5.26 Å². The molecular weight excluding hydrogens is 398 g/mol. The van der Waals surface area contributed by atoms with Crippen LogP contribution in [0.3, 0.4) is 0 Å². The third kappa shape index (κ3) is 4.97. The highest BCUT2D eigenvalue weighted by molar-refractivity contribution is 6.11. The van der Waals surface area contributed by atoms with Gasteiger partial charge in [-0.15, -0.1) is 0 Å². The third-order valence-corrected chi connectivity index (χ3v) is 4.46. The van der Waals surface area contributed by atoms with Crippen LogP contribution in [0.4, 0.5) is 5.69 Å². The summed E-state index contributed by atoms with van der Waals surface area (Å²) in [6.45, 7) is 1.99. The zero-order valence-electron chi connectivity index (χ0n) is 16.7. The Balaban J connectivity index is 1.92. The van der Waals surface area contributed by atoms with E-state index >= 15 is 0 Å². The predicted molar refractivity (Wildman–Crippen MR) is 114 cm³/mol. The first-order chi connectivity index (χ1) is 14.9. The number of anilines is 1. The van der Waals surface area contributed by atoms with Crippen molar-refractivity contribution in [2.45, 2.75) is 13.5 Å². The number of aromatic nitrogens is 1. The highest BCUT2D eigenvalue weighted by Gasteiger charge is 2.15. The molecular formula is C23H19N3O5. The van der Waals surface area contributed by atoms with Gasteiger partial charge in [0.25, 0.3) is 5.91 Å². The van der Waals surface area contributed by atoms with Crippen molar-refractivity contribution in [3.63, 3.8) is 0 Å². The molecule has 1 heterocycles. The Morgan fingerprint density at radius 2 is 1.97 bits per heavy atom. The maximum Gasteiger partial charge on any atom is 0.335 e. The highest BCUT2D eigenvalue weighted by Crippen LogP contribution is 2.24. The van der Waals surface area contributed by atoms with E-state index in [1.54, 1.807) is 17.7 Å². The van der Waals surface area contributed by atoms with Gasteiger partial charge in [-0.25, -0.2) is 4.79 Å². The average molecular weight is 417 g/mol. The summed E-state index contributed by atoms with van der Waals surface area (Å²) >= 11 is 0. The van der Waals surface area contributed by atoms with Gasteiger partial charge in [-0.3, -0.25) is 9.59 Å². The Bertz CT molecular complexity index is 1230. The van der Waals surface area contributed by atoms with E-state index in [9.17, 15) is 19.6 Å². The number of carbonyl (C=O) groups excluding carboxylic acids is 2. The smallest absolute Gasteiger partial charge is 0.335 e. The number of nitrogens with zero attached hydrogens (tertiary/aromatic N) is 2. The average Bonchev–Trinajstić information content (AvgIpc) is 3.09. The van der Waals surface area contributed by atoms with Crippen molar-refractivity contribution < 1.29 is 24.2 Å². The fraction of sp³-hybridized carbons (Fsp3) is 0.130. The molecule has 0 radical (unpaired) electrons. The first kappa shape index (κ1) is 21.3. The van der Waals surface area contributed by atoms with Crippen molar-refractivity contribution in [1.82, 2.24) is 4.57 Å². The molecule has 0 unspecified atom stereocenters. The summed E-state index contributed by atoms with van der Waals surface area (Å²) in [5, 5.41) is 21.9. The molecule has 31 heavy (non-hydrogen) atoms. The van der Waals surface area contributed by atoms with Crippen LogP contribution in [0.1, 0.15) is 22.8 Å². The van der Waals surface area contributed by atoms with E-state index in [0.29, 0.717) is 5.56 Å². The molecule has 2 aromatic carbocycles. The number of ether oxygens (including phenoxy) is 1. The zero-order valence-corrected chi connectivity index (χ0v) is 16.7. The minimum atomic E-state index is -1.12. The van der Waals surface area contributed by atoms with Crippen molar-refractivity contribution in [2.24, 2.45) is 0 Å². The molecule has 0 fully saturated rings. The highest BCUT2D eigenvalue weighted by atomic mass is 16.5. The number of hydrogen-bond acceptors (Lipinski definition) is 5. The number of fused-ring (bicyclic) bond motifs is 1. The number of esters is 1. The lowest BCUT2D eigenvalue weighted by Gasteiger charge is -2.05. The second-order valence-corrected chi connectivity index (χ2v) is 6.54. The molecule has 2 N–H and O–H groups in total. The minimum Gasteiger partial charge on any atom is -0.478 e. The number of amides is 1. The summed E-state index contributed by atoms with van der Waals surface area (Å²) in [5.74, 6) is -2.19. The Morgan fingerprint density at radius 3 is 2.68 bits per heavy atom. The number of benzene rings is 2. The zero-order chi connectivity index (χ0) is 22.4. The number of aromatic carboxylic acids is 1. The number of hydrogen-bond donors (Lipinski definition) is 2. The first-order valence-corrected chi connectivity index (χ1v) is 9.43. The fourth-order valence-corrected chi connectivity index (χ4v) is 3.10. The molecule has 8 heteroatoms. The number of carboxylic acids is 1. The summed E-state index contributed by atoms with van der Waals surface area (Å²) in [4.78, 5) is 35.6. The Labute approximate surface area is 178 Å². The maximum absolute atomic E-state index is 12.6. The molecule has 0 saturated carbocycles. The molecule has 8 nitrogen and oxygen atoms in total. The molecule has 3 aromatic rings. The fourth-order valence-electron chi connectivity index (χ4n) is 3.10. The van der Waals surface area contributed by atoms with Crippen molar-refractivity contribution in [3.05, 3.63) is 71.4 Å². The first-order valence-electron chi connectivity index (χ1n) is 9.43. The molecule has 0 aliphatic heterocycles. The van der Waals surface area contributed by atoms with E-state index in [2.05, 4.69) is 5.32 Å². The molecule has 0 atom stereocenters. The van der Waals surface area contributed by atoms with Crippen LogP contribution in [-0.4, -0.2) is 34.1 Å². The Kier molecular flexibility index (Phi) is 6.48. The minimum absolute atomic E-state index is 0.00173. The van der Waals surface area contributed by atoms with Crippen molar-refractivity contribution in [3.8, 4) is 6.07 Å². The molecule has 156 valence electrons. The second kappa shape index (κ2) is 9.41. The van der Waals surface area contributed by atoms with Crippen LogP contribution in [0.2, 0.25) is 0 Å². The van der Waals surface area contributed by atoms with Gasteiger partial charge in [0.2, 0.25) is 0 Å². The van der Waals surface area contributed by atoms with E-state index in [1.165, 1.54) is 30.3 Å². The van der Waals surface area contributed by atoms with Gasteiger partial charge < -0.3 is 19.7 Å². The summed E-state index contributed by atoms with van der Waals surface area (Å²) in [6.07, 6.45) is 3.11. The van der Waals surface area contributed by atoms with Crippen LogP contribution < -0.4 is 5.32 Å². The van der Waals surface area contributed by atoms with Gasteiger partial charge in [0, 0.05) is 28.4 Å². The summed E-state index contributed by atoms with van der Waals surface area (Å²) in [5.41, 5.74) is 1.46. The number of carboxylic acid groups (broad SMARTS) is 1. The van der Waals surface area contributed by atoms with E-state index in [-0.39, 0.29) is 30.0 Å². The SMILES string of the molecule is CCOC(=O)Cn1cc(/C=C(/C#N)C(=O)Nc2cccc(C(=O)O)c2)c2ccccc21. The van der Waals surface area contributed by atoms with E-state index < -0.39 is 17.8 Å². The predicted octanol–water partition coefficient (Wildman–Crippen LogP) is 3.45. The number of nitriles is 1. The summed E-state index contributed by atoms with van der Waals surface area (Å²) in [7, 11) is 0. The van der Waals surface area contributed by atoms with Crippen LogP contribution in [0.5, 0.6) is 0 Å². The lowest BCUT2D eigenvalue weighted by Crippen LogP contribution is -2.14. The van der Waals surface area contributed by atoms with Crippen LogP contribution >= 0.6 is 0 Å².